The Labute approximate surface area is 116 Å². The molecule has 2 heteroatoms. The Kier molecular flexibility index (Phi) is 5.38. The van der Waals surface area contributed by atoms with Gasteiger partial charge in [0, 0.05) is 6.04 Å². The van der Waals surface area contributed by atoms with Crippen LogP contribution in [0.3, 0.4) is 0 Å². The number of hydrogen-bond acceptors (Lipinski definition) is 1. The number of hydrogen-bond donors (Lipinski definition) is 1. The van der Waals surface area contributed by atoms with Crippen molar-refractivity contribution in [1.82, 2.24) is 5.32 Å². The first-order valence-electron chi connectivity index (χ1n) is 7.69. The van der Waals surface area contributed by atoms with E-state index in [2.05, 4.69) is 19.2 Å². The van der Waals surface area contributed by atoms with E-state index >= 15 is 0 Å². The van der Waals surface area contributed by atoms with Gasteiger partial charge in [-0.05, 0) is 48.9 Å². The van der Waals surface area contributed by atoms with Crippen LogP contribution in [0.25, 0.3) is 0 Å². The molecule has 0 aliphatic heterocycles. The van der Waals surface area contributed by atoms with E-state index in [1.165, 1.54) is 31.7 Å². The summed E-state index contributed by atoms with van der Waals surface area (Å²) in [5.41, 5.74) is 1.07. The van der Waals surface area contributed by atoms with Crippen molar-refractivity contribution in [3.05, 3.63) is 35.6 Å². The molecule has 0 saturated heterocycles. The number of rotatable bonds is 5. The summed E-state index contributed by atoms with van der Waals surface area (Å²) in [6.07, 6.45) is 6.47. The molecule has 2 rings (SSSR count). The smallest absolute Gasteiger partial charge is 0.123 e. The van der Waals surface area contributed by atoms with Crippen LogP contribution in [0.2, 0.25) is 0 Å². The molecule has 3 atom stereocenters. The second kappa shape index (κ2) is 7.04. The van der Waals surface area contributed by atoms with E-state index in [0.29, 0.717) is 0 Å². The lowest BCUT2D eigenvalue weighted by Gasteiger charge is -2.30. The predicted molar refractivity (Wildman–Crippen MR) is 78.6 cm³/mol. The maximum Gasteiger partial charge on any atom is 0.123 e. The van der Waals surface area contributed by atoms with Crippen LogP contribution < -0.4 is 5.32 Å². The highest BCUT2D eigenvalue weighted by Gasteiger charge is 2.22. The summed E-state index contributed by atoms with van der Waals surface area (Å²) >= 11 is 0. The minimum absolute atomic E-state index is 0.135. The number of benzene rings is 1. The minimum atomic E-state index is -0.135. The zero-order valence-corrected chi connectivity index (χ0v) is 12.2. The van der Waals surface area contributed by atoms with Crippen LogP contribution in [0.1, 0.15) is 57.6 Å². The van der Waals surface area contributed by atoms with Crippen molar-refractivity contribution in [1.29, 1.82) is 0 Å². The van der Waals surface area contributed by atoms with Crippen LogP contribution in [0.15, 0.2) is 24.3 Å². The van der Waals surface area contributed by atoms with Crippen molar-refractivity contribution < 1.29 is 4.39 Å². The van der Waals surface area contributed by atoms with Gasteiger partial charge in [0.25, 0.3) is 0 Å². The first-order valence-corrected chi connectivity index (χ1v) is 7.69. The molecule has 1 aromatic carbocycles. The van der Waals surface area contributed by atoms with Crippen LogP contribution in [0.4, 0.5) is 4.39 Å². The highest BCUT2D eigenvalue weighted by molar-refractivity contribution is 5.20. The summed E-state index contributed by atoms with van der Waals surface area (Å²) in [7, 11) is 0. The highest BCUT2D eigenvalue weighted by atomic mass is 19.1. The van der Waals surface area contributed by atoms with Gasteiger partial charge in [-0.25, -0.2) is 4.39 Å². The fourth-order valence-electron chi connectivity index (χ4n) is 3.21. The molecule has 0 aromatic heterocycles. The first kappa shape index (κ1) is 14.5. The van der Waals surface area contributed by atoms with Gasteiger partial charge in [-0.15, -0.1) is 0 Å². The second-order valence-electron chi connectivity index (χ2n) is 5.95. The third kappa shape index (κ3) is 4.04. The lowest BCUT2D eigenvalue weighted by molar-refractivity contribution is 0.240. The zero-order valence-electron chi connectivity index (χ0n) is 12.2. The molecule has 1 nitrogen and oxygen atoms in total. The summed E-state index contributed by atoms with van der Waals surface area (Å²) in [4.78, 5) is 0. The SMILES string of the molecule is CCC(NCC1CCCCC1C)c1cccc(F)c1. The molecule has 1 aliphatic rings. The zero-order chi connectivity index (χ0) is 13.7. The average Bonchev–Trinajstić information content (AvgIpc) is 2.41. The van der Waals surface area contributed by atoms with E-state index in [1.807, 2.05) is 6.07 Å². The third-order valence-corrected chi connectivity index (χ3v) is 4.57. The molecule has 0 spiro atoms. The summed E-state index contributed by atoms with van der Waals surface area (Å²) in [6, 6.07) is 7.28. The summed E-state index contributed by atoms with van der Waals surface area (Å²) in [5, 5.41) is 3.65. The van der Waals surface area contributed by atoms with Gasteiger partial charge >= 0.3 is 0 Å². The largest absolute Gasteiger partial charge is 0.310 e. The van der Waals surface area contributed by atoms with Gasteiger partial charge < -0.3 is 5.32 Å². The van der Waals surface area contributed by atoms with Crippen molar-refractivity contribution >= 4 is 0 Å². The summed E-state index contributed by atoms with van der Waals surface area (Å²) in [5.74, 6) is 1.48. The molecule has 19 heavy (non-hydrogen) atoms. The van der Waals surface area contributed by atoms with Gasteiger partial charge in [0.05, 0.1) is 0 Å². The van der Waals surface area contributed by atoms with Crippen molar-refractivity contribution in [3.63, 3.8) is 0 Å². The third-order valence-electron chi connectivity index (χ3n) is 4.57. The van der Waals surface area contributed by atoms with Gasteiger partial charge in [0.2, 0.25) is 0 Å². The molecule has 0 radical (unpaired) electrons. The molecule has 0 heterocycles. The minimum Gasteiger partial charge on any atom is -0.310 e. The van der Waals surface area contributed by atoms with E-state index < -0.39 is 0 Å². The second-order valence-corrected chi connectivity index (χ2v) is 5.95. The fourth-order valence-corrected chi connectivity index (χ4v) is 3.21. The molecular weight excluding hydrogens is 237 g/mol. The lowest BCUT2D eigenvalue weighted by Crippen LogP contribution is -2.31. The normalized spacial score (nSPS) is 25.2. The van der Waals surface area contributed by atoms with Crippen molar-refractivity contribution in [2.24, 2.45) is 11.8 Å². The average molecular weight is 263 g/mol. The number of halogens is 1. The van der Waals surface area contributed by atoms with E-state index in [0.717, 1.165) is 30.4 Å². The molecule has 106 valence electrons. The quantitative estimate of drug-likeness (QED) is 0.812. The van der Waals surface area contributed by atoms with Gasteiger partial charge in [0.1, 0.15) is 5.82 Å². The molecule has 1 N–H and O–H groups in total. The Morgan fingerprint density at radius 1 is 1.32 bits per heavy atom. The Hall–Kier alpha value is -0.890. The van der Waals surface area contributed by atoms with Crippen LogP contribution in [0.5, 0.6) is 0 Å². The standard InChI is InChI=1S/C17H26FN/c1-3-17(14-9-6-10-16(18)11-14)19-12-15-8-5-4-7-13(15)2/h6,9-11,13,15,17,19H,3-5,7-8,12H2,1-2H3. The van der Waals surface area contributed by atoms with Crippen LogP contribution in [-0.2, 0) is 0 Å². The van der Waals surface area contributed by atoms with E-state index in [9.17, 15) is 4.39 Å². The summed E-state index contributed by atoms with van der Waals surface area (Å²) < 4.78 is 13.3. The van der Waals surface area contributed by atoms with Gasteiger partial charge in [-0.2, -0.15) is 0 Å². The van der Waals surface area contributed by atoms with Gasteiger partial charge in [-0.1, -0.05) is 45.2 Å². The Morgan fingerprint density at radius 2 is 2.11 bits per heavy atom. The molecule has 1 fully saturated rings. The van der Waals surface area contributed by atoms with E-state index in [-0.39, 0.29) is 11.9 Å². The fraction of sp³-hybridized carbons (Fsp3) is 0.647. The van der Waals surface area contributed by atoms with Crippen LogP contribution >= 0.6 is 0 Å². The molecule has 0 bridgehead atoms. The molecule has 1 aliphatic carbocycles. The van der Waals surface area contributed by atoms with Gasteiger partial charge in [-0.3, -0.25) is 0 Å². The highest BCUT2D eigenvalue weighted by Crippen LogP contribution is 2.29. The molecule has 3 unspecified atom stereocenters. The monoisotopic (exact) mass is 263 g/mol. The molecular formula is C17H26FN. The molecule has 1 aromatic rings. The maximum atomic E-state index is 13.3. The van der Waals surface area contributed by atoms with E-state index in [4.69, 9.17) is 0 Å². The Balaban J connectivity index is 1.92. The number of nitrogens with one attached hydrogen (secondary N) is 1. The Morgan fingerprint density at radius 3 is 2.79 bits per heavy atom. The van der Waals surface area contributed by atoms with Crippen molar-refractivity contribution in [2.45, 2.75) is 52.0 Å². The topological polar surface area (TPSA) is 12.0 Å². The van der Waals surface area contributed by atoms with Crippen LogP contribution in [0, 0.1) is 17.7 Å². The van der Waals surface area contributed by atoms with Crippen molar-refractivity contribution in [3.8, 4) is 0 Å². The Bertz CT molecular complexity index is 391. The molecule has 1 saturated carbocycles. The lowest BCUT2D eigenvalue weighted by atomic mass is 9.80. The van der Waals surface area contributed by atoms with E-state index in [1.54, 1.807) is 12.1 Å². The van der Waals surface area contributed by atoms with Crippen LogP contribution in [-0.4, -0.2) is 6.54 Å². The molecule has 0 amide bonds. The summed E-state index contributed by atoms with van der Waals surface area (Å²) in [6.45, 7) is 5.59. The maximum absolute atomic E-state index is 13.3. The predicted octanol–water partition coefficient (Wildman–Crippen LogP) is 4.69. The van der Waals surface area contributed by atoms with Crippen molar-refractivity contribution in [2.75, 3.05) is 6.54 Å². The van der Waals surface area contributed by atoms with Gasteiger partial charge in [0.15, 0.2) is 0 Å². The first-order chi connectivity index (χ1) is 9.20.